The second-order valence-corrected chi connectivity index (χ2v) is 8.32. The number of fused-ring (bicyclic) bond motifs is 1. The molecule has 0 aromatic heterocycles. The monoisotopic (exact) mass is 312 g/mol. The minimum absolute atomic E-state index is 0.0434. The fraction of sp³-hybridized carbons (Fsp3) is 0.500. The lowest BCUT2D eigenvalue weighted by atomic mass is 10.1. The van der Waals surface area contributed by atoms with Crippen LogP contribution in [0.25, 0.3) is 0 Å². The smallest absolute Gasteiger partial charge is 0.255 e. The molecule has 0 aliphatic carbocycles. The van der Waals surface area contributed by atoms with Crippen LogP contribution >= 0.6 is 0 Å². The average Bonchev–Trinajstić information content (AvgIpc) is 2.43. The van der Waals surface area contributed by atoms with Gasteiger partial charge >= 0.3 is 0 Å². The van der Waals surface area contributed by atoms with Gasteiger partial charge in [-0.15, -0.1) is 0 Å². The van der Waals surface area contributed by atoms with E-state index in [4.69, 9.17) is 4.74 Å². The maximum Gasteiger partial charge on any atom is 0.255 e. The maximum absolute atomic E-state index is 12.3. The number of hydrogen-bond acceptors (Lipinski definition) is 5. The van der Waals surface area contributed by atoms with E-state index in [9.17, 15) is 13.2 Å². The summed E-state index contributed by atoms with van der Waals surface area (Å²) < 4.78 is 27.8. The molecule has 1 amide bonds. The summed E-state index contributed by atoms with van der Waals surface area (Å²) in [5.74, 6) is 0.172. The number of anilines is 1. The van der Waals surface area contributed by atoms with Crippen LogP contribution in [-0.2, 0) is 9.84 Å². The summed E-state index contributed by atoms with van der Waals surface area (Å²) in [4.78, 5) is 12.3. The highest BCUT2D eigenvalue weighted by Crippen LogP contribution is 2.31. The number of benzene rings is 1. The molecule has 2 N–H and O–H groups in total. The van der Waals surface area contributed by atoms with Crippen molar-refractivity contribution in [3.8, 4) is 5.75 Å². The summed E-state index contributed by atoms with van der Waals surface area (Å²) in [5.41, 5.74) is 1.18. The lowest BCUT2D eigenvalue weighted by Gasteiger charge is -2.24. The van der Waals surface area contributed by atoms with Crippen molar-refractivity contribution < 1.29 is 17.9 Å². The van der Waals surface area contributed by atoms with Crippen molar-refractivity contribution in [2.75, 3.05) is 31.3 Å². The summed E-state index contributed by atoms with van der Waals surface area (Å²) in [7, 11) is -3.26. The second kappa shape index (κ2) is 5.55. The number of nitrogens with one attached hydrogen (secondary N) is 2. The Kier molecular flexibility index (Phi) is 4.13. The maximum atomic E-state index is 12.3. The van der Waals surface area contributed by atoms with Gasteiger partial charge in [-0.1, -0.05) is 6.07 Å². The molecule has 116 valence electrons. The van der Waals surface area contributed by atoms with Gasteiger partial charge < -0.3 is 15.4 Å². The van der Waals surface area contributed by atoms with Crippen LogP contribution < -0.4 is 15.4 Å². The Labute approximate surface area is 124 Å². The van der Waals surface area contributed by atoms with Gasteiger partial charge in [0, 0.05) is 19.3 Å². The van der Waals surface area contributed by atoms with Gasteiger partial charge in [0.15, 0.2) is 15.6 Å². The number of sulfone groups is 1. The van der Waals surface area contributed by atoms with Crippen molar-refractivity contribution >= 4 is 21.4 Å². The van der Waals surface area contributed by atoms with Gasteiger partial charge in [0.05, 0.1) is 16.0 Å². The minimum atomic E-state index is -3.26. The molecule has 1 aromatic rings. The van der Waals surface area contributed by atoms with Crippen LogP contribution in [0.15, 0.2) is 18.2 Å². The normalized spacial score (nSPS) is 14.6. The fourth-order valence-electron chi connectivity index (χ4n) is 1.87. The number of carbonyl (C=O) groups is 1. The van der Waals surface area contributed by atoms with E-state index < -0.39 is 14.6 Å². The van der Waals surface area contributed by atoms with E-state index in [-0.39, 0.29) is 12.5 Å². The summed E-state index contributed by atoms with van der Waals surface area (Å²) in [6, 6.07) is 5.26. The van der Waals surface area contributed by atoms with Crippen LogP contribution in [0.2, 0.25) is 0 Å². The van der Waals surface area contributed by atoms with Gasteiger partial charge in [-0.2, -0.15) is 0 Å². The van der Waals surface area contributed by atoms with Crippen molar-refractivity contribution in [2.45, 2.75) is 18.6 Å². The molecule has 21 heavy (non-hydrogen) atoms. The van der Waals surface area contributed by atoms with E-state index >= 15 is 0 Å². The third-order valence-corrected chi connectivity index (χ3v) is 5.75. The number of para-hydroxylation sites is 1. The molecule has 0 fully saturated rings. The zero-order valence-electron chi connectivity index (χ0n) is 12.4. The van der Waals surface area contributed by atoms with Gasteiger partial charge in [0.25, 0.3) is 5.91 Å². The van der Waals surface area contributed by atoms with Gasteiger partial charge in [0.1, 0.15) is 6.61 Å². The number of amides is 1. The number of ether oxygens (including phenoxy) is 1. The quantitative estimate of drug-likeness (QED) is 0.868. The average molecular weight is 312 g/mol. The van der Waals surface area contributed by atoms with Crippen LogP contribution in [-0.4, -0.2) is 45.0 Å². The van der Waals surface area contributed by atoms with Crippen LogP contribution in [0.5, 0.6) is 5.75 Å². The molecular weight excluding hydrogens is 292 g/mol. The van der Waals surface area contributed by atoms with Crippen LogP contribution in [0.4, 0.5) is 5.69 Å². The molecule has 0 saturated heterocycles. The van der Waals surface area contributed by atoms with E-state index in [1.54, 1.807) is 26.0 Å². The predicted octanol–water partition coefficient (Wildman–Crippen LogP) is 1.04. The minimum Gasteiger partial charge on any atom is -0.489 e. The lowest BCUT2D eigenvalue weighted by Crippen LogP contribution is -2.43. The fourth-order valence-corrected chi connectivity index (χ4v) is 2.20. The molecule has 2 rings (SSSR count). The highest BCUT2D eigenvalue weighted by Gasteiger charge is 2.31. The lowest BCUT2D eigenvalue weighted by molar-refractivity contribution is 0.0946. The molecule has 0 spiro atoms. The summed E-state index contributed by atoms with van der Waals surface area (Å²) in [6.07, 6.45) is 1.16. The van der Waals surface area contributed by atoms with Crippen molar-refractivity contribution in [2.24, 2.45) is 0 Å². The van der Waals surface area contributed by atoms with E-state index in [0.29, 0.717) is 24.5 Å². The molecule has 0 bridgehead atoms. The summed E-state index contributed by atoms with van der Waals surface area (Å²) in [5, 5.41) is 5.82. The molecule has 7 heteroatoms. The van der Waals surface area contributed by atoms with Crippen molar-refractivity contribution in [1.82, 2.24) is 5.32 Å². The zero-order chi connectivity index (χ0) is 15.7. The molecule has 0 unspecified atom stereocenters. The van der Waals surface area contributed by atoms with Crippen LogP contribution in [0.3, 0.4) is 0 Å². The first kappa shape index (κ1) is 15.6. The zero-order valence-corrected chi connectivity index (χ0v) is 13.2. The molecule has 0 saturated carbocycles. The van der Waals surface area contributed by atoms with E-state index in [1.165, 1.54) is 0 Å². The summed E-state index contributed by atoms with van der Waals surface area (Å²) in [6.45, 7) is 4.40. The topological polar surface area (TPSA) is 84.5 Å². The third-order valence-electron chi connectivity index (χ3n) is 3.60. The molecule has 6 nitrogen and oxygen atoms in total. The second-order valence-electron chi connectivity index (χ2n) is 5.67. The standard InChI is InChI=1S/C14H20N2O4S/c1-14(2,21(3,18)19)9-16-13(17)10-5-4-6-11-12(10)20-8-7-15-11/h4-6,15H,7-9H2,1-3H3,(H,16,17). The number of carbonyl (C=O) groups excluding carboxylic acids is 1. The Morgan fingerprint density at radius 3 is 2.81 bits per heavy atom. The molecular formula is C14H20N2O4S. The Hall–Kier alpha value is -1.76. The summed E-state index contributed by atoms with van der Waals surface area (Å²) >= 11 is 0. The van der Waals surface area contributed by atoms with Gasteiger partial charge in [-0.3, -0.25) is 4.79 Å². The third kappa shape index (κ3) is 3.29. The highest BCUT2D eigenvalue weighted by atomic mass is 32.2. The predicted molar refractivity (Wildman–Crippen MR) is 81.7 cm³/mol. The largest absolute Gasteiger partial charge is 0.489 e. The van der Waals surface area contributed by atoms with Gasteiger partial charge in [-0.25, -0.2) is 8.42 Å². The number of hydrogen-bond donors (Lipinski definition) is 2. The first-order valence-corrected chi connectivity index (χ1v) is 8.59. The Balaban J connectivity index is 2.15. The van der Waals surface area contributed by atoms with E-state index in [2.05, 4.69) is 10.6 Å². The van der Waals surface area contributed by atoms with Gasteiger partial charge in [-0.05, 0) is 26.0 Å². The molecule has 0 radical (unpaired) electrons. The SMILES string of the molecule is CC(C)(CNC(=O)c1cccc2c1OCCN2)S(C)(=O)=O. The number of rotatable bonds is 4. The van der Waals surface area contributed by atoms with Crippen molar-refractivity contribution in [3.63, 3.8) is 0 Å². The Morgan fingerprint density at radius 2 is 2.14 bits per heavy atom. The van der Waals surface area contributed by atoms with Crippen LogP contribution in [0, 0.1) is 0 Å². The first-order valence-electron chi connectivity index (χ1n) is 6.70. The highest BCUT2D eigenvalue weighted by molar-refractivity contribution is 7.92. The Bertz CT molecular complexity index is 653. The molecule has 1 heterocycles. The van der Waals surface area contributed by atoms with Crippen molar-refractivity contribution in [3.05, 3.63) is 23.8 Å². The van der Waals surface area contributed by atoms with E-state index in [0.717, 1.165) is 11.9 Å². The molecule has 1 aliphatic rings. The van der Waals surface area contributed by atoms with Crippen molar-refractivity contribution in [1.29, 1.82) is 0 Å². The first-order chi connectivity index (χ1) is 9.72. The van der Waals surface area contributed by atoms with Gasteiger partial charge in [0.2, 0.25) is 0 Å². The van der Waals surface area contributed by atoms with E-state index in [1.807, 2.05) is 6.07 Å². The molecule has 1 aromatic carbocycles. The molecule has 1 aliphatic heterocycles. The van der Waals surface area contributed by atoms with Crippen LogP contribution in [0.1, 0.15) is 24.2 Å². The Morgan fingerprint density at radius 1 is 1.43 bits per heavy atom. The molecule has 0 atom stereocenters.